The minimum absolute atomic E-state index is 0.0579. The molecule has 2 amide bonds. The maximum absolute atomic E-state index is 12.7. The largest absolute Gasteiger partial charge is 0.383 e. The van der Waals surface area contributed by atoms with Crippen molar-refractivity contribution in [2.45, 2.75) is 25.9 Å². The van der Waals surface area contributed by atoms with Gasteiger partial charge in [-0.2, -0.15) is 0 Å². The molecule has 0 saturated carbocycles. The molecule has 0 aliphatic carbocycles. The summed E-state index contributed by atoms with van der Waals surface area (Å²) in [5, 5.41) is 2.85. The number of nitrogens with zero attached hydrogens (tertiary/aromatic N) is 1. The number of carbonyl (C=O) groups is 2. The first kappa shape index (κ1) is 15.5. The number of carbonyl (C=O) groups excluding carboxylic acids is 2. The van der Waals surface area contributed by atoms with Crippen molar-refractivity contribution in [2.24, 2.45) is 5.92 Å². The molecule has 0 radical (unpaired) electrons. The fourth-order valence-electron chi connectivity index (χ4n) is 2.71. The monoisotopic (exact) mass is 290 g/mol. The number of methoxy groups -OCH3 is 1. The normalized spacial score (nSPS) is 22.6. The van der Waals surface area contributed by atoms with Gasteiger partial charge in [-0.05, 0) is 11.5 Å². The molecule has 1 saturated heterocycles. The number of nitrogens with one attached hydrogen (secondary N) is 1. The Morgan fingerprint density at radius 3 is 2.48 bits per heavy atom. The molecule has 1 aliphatic heterocycles. The van der Waals surface area contributed by atoms with Crippen molar-refractivity contribution in [1.82, 2.24) is 10.2 Å². The van der Waals surface area contributed by atoms with Crippen LogP contribution >= 0.6 is 0 Å². The van der Waals surface area contributed by atoms with Gasteiger partial charge in [-0.25, -0.2) is 0 Å². The molecular weight excluding hydrogens is 268 g/mol. The predicted molar refractivity (Wildman–Crippen MR) is 79.5 cm³/mol. The van der Waals surface area contributed by atoms with E-state index >= 15 is 0 Å². The lowest BCUT2D eigenvalue weighted by atomic mass is 9.94. The average molecular weight is 290 g/mol. The molecule has 2 unspecified atom stereocenters. The van der Waals surface area contributed by atoms with Gasteiger partial charge in [0.25, 0.3) is 5.91 Å². The zero-order valence-electron chi connectivity index (χ0n) is 12.7. The predicted octanol–water partition coefficient (Wildman–Crippen LogP) is 1.36. The zero-order chi connectivity index (χ0) is 15.4. The van der Waals surface area contributed by atoms with Crippen LogP contribution in [-0.2, 0) is 14.3 Å². The van der Waals surface area contributed by atoms with Gasteiger partial charge in [0.2, 0.25) is 5.91 Å². The summed E-state index contributed by atoms with van der Waals surface area (Å²) in [4.78, 5) is 26.8. The van der Waals surface area contributed by atoms with Crippen LogP contribution in [-0.4, -0.2) is 43.0 Å². The van der Waals surface area contributed by atoms with Gasteiger partial charge in [0.05, 0.1) is 6.61 Å². The Balaban J connectivity index is 2.28. The second kappa shape index (κ2) is 6.72. The molecule has 114 valence electrons. The van der Waals surface area contributed by atoms with Gasteiger partial charge in [0, 0.05) is 13.7 Å². The Morgan fingerprint density at radius 1 is 1.24 bits per heavy atom. The highest BCUT2D eigenvalue weighted by molar-refractivity contribution is 5.97. The van der Waals surface area contributed by atoms with Gasteiger partial charge >= 0.3 is 0 Å². The quantitative estimate of drug-likeness (QED) is 0.890. The maximum Gasteiger partial charge on any atom is 0.250 e. The molecule has 2 atom stereocenters. The van der Waals surface area contributed by atoms with Crippen LogP contribution in [0.3, 0.4) is 0 Å². The van der Waals surface area contributed by atoms with E-state index in [0.29, 0.717) is 13.2 Å². The molecule has 5 heteroatoms. The summed E-state index contributed by atoms with van der Waals surface area (Å²) in [6.45, 7) is 4.74. The summed E-state index contributed by atoms with van der Waals surface area (Å²) in [6.07, 6.45) is 0. The van der Waals surface area contributed by atoms with Crippen LogP contribution in [0.4, 0.5) is 0 Å². The fraction of sp³-hybridized carbons (Fsp3) is 0.500. The SMILES string of the molecule is COCCN1C(=O)C(c2ccccc2)NC(=O)C1C(C)C. The Labute approximate surface area is 125 Å². The zero-order valence-corrected chi connectivity index (χ0v) is 12.7. The molecule has 0 aromatic heterocycles. The molecule has 21 heavy (non-hydrogen) atoms. The highest BCUT2D eigenvalue weighted by atomic mass is 16.5. The summed E-state index contributed by atoms with van der Waals surface area (Å²) in [6, 6.07) is 8.28. The second-order valence-corrected chi connectivity index (χ2v) is 5.57. The third-order valence-electron chi connectivity index (χ3n) is 3.72. The molecule has 1 N–H and O–H groups in total. The Bertz CT molecular complexity index is 502. The number of hydrogen-bond donors (Lipinski definition) is 1. The summed E-state index contributed by atoms with van der Waals surface area (Å²) >= 11 is 0. The number of benzene rings is 1. The third kappa shape index (κ3) is 3.24. The highest BCUT2D eigenvalue weighted by Crippen LogP contribution is 2.25. The van der Waals surface area contributed by atoms with E-state index in [1.165, 1.54) is 0 Å². The highest BCUT2D eigenvalue weighted by Gasteiger charge is 2.42. The van der Waals surface area contributed by atoms with Gasteiger partial charge < -0.3 is 15.0 Å². The van der Waals surface area contributed by atoms with E-state index in [9.17, 15) is 9.59 Å². The summed E-state index contributed by atoms with van der Waals surface area (Å²) in [5.74, 6) is -0.117. The lowest BCUT2D eigenvalue weighted by Crippen LogP contribution is -2.61. The maximum atomic E-state index is 12.7. The first-order chi connectivity index (χ1) is 10.1. The lowest BCUT2D eigenvalue weighted by molar-refractivity contribution is -0.152. The molecule has 1 fully saturated rings. The Morgan fingerprint density at radius 2 is 1.90 bits per heavy atom. The van der Waals surface area contributed by atoms with Crippen LogP contribution in [0, 0.1) is 5.92 Å². The van der Waals surface area contributed by atoms with Crippen LogP contribution < -0.4 is 5.32 Å². The smallest absolute Gasteiger partial charge is 0.250 e. The van der Waals surface area contributed by atoms with Crippen LogP contribution in [0.25, 0.3) is 0 Å². The third-order valence-corrected chi connectivity index (χ3v) is 3.72. The lowest BCUT2D eigenvalue weighted by Gasteiger charge is -2.40. The molecule has 5 nitrogen and oxygen atoms in total. The molecule has 1 aromatic carbocycles. The van der Waals surface area contributed by atoms with Crippen molar-refractivity contribution >= 4 is 11.8 Å². The number of rotatable bonds is 5. The number of amides is 2. The standard InChI is InChI=1S/C16H22N2O3/c1-11(2)14-15(19)17-13(12-7-5-4-6-8-12)16(20)18(14)9-10-21-3/h4-8,11,13-14H,9-10H2,1-3H3,(H,17,19). The first-order valence-electron chi connectivity index (χ1n) is 7.21. The van der Waals surface area contributed by atoms with Gasteiger partial charge in [-0.15, -0.1) is 0 Å². The van der Waals surface area contributed by atoms with Gasteiger partial charge in [-0.3, -0.25) is 9.59 Å². The second-order valence-electron chi connectivity index (χ2n) is 5.57. The van der Waals surface area contributed by atoms with E-state index in [1.54, 1.807) is 12.0 Å². The topological polar surface area (TPSA) is 58.6 Å². The van der Waals surface area contributed by atoms with E-state index < -0.39 is 12.1 Å². The number of hydrogen-bond acceptors (Lipinski definition) is 3. The average Bonchev–Trinajstić information content (AvgIpc) is 2.48. The van der Waals surface area contributed by atoms with E-state index in [2.05, 4.69) is 5.32 Å². The van der Waals surface area contributed by atoms with Crippen molar-refractivity contribution in [3.63, 3.8) is 0 Å². The summed E-state index contributed by atoms with van der Waals surface area (Å²) in [5.41, 5.74) is 0.806. The van der Waals surface area contributed by atoms with Crippen molar-refractivity contribution in [1.29, 1.82) is 0 Å². The van der Waals surface area contributed by atoms with E-state index in [0.717, 1.165) is 5.56 Å². The van der Waals surface area contributed by atoms with Crippen molar-refractivity contribution in [3.05, 3.63) is 35.9 Å². The van der Waals surface area contributed by atoms with Crippen LogP contribution in [0.2, 0.25) is 0 Å². The van der Waals surface area contributed by atoms with Crippen molar-refractivity contribution in [2.75, 3.05) is 20.3 Å². The molecule has 2 rings (SSSR count). The molecule has 0 spiro atoms. The fourth-order valence-corrected chi connectivity index (χ4v) is 2.71. The van der Waals surface area contributed by atoms with Gasteiger partial charge in [-0.1, -0.05) is 44.2 Å². The van der Waals surface area contributed by atoms with E-state index in [1.807, 2.05) is 44.2 Å². The van der Waals surface area contributed by atoms with Crippen molar-refractivity contribution < 1.29 is 14.3 Å². The Hall–Kier alpha value is -1.88. The molecule has 0 bridgehead atoms. The summed E-state index contributed by atoms with van der Waals surface area (Å²) in [7, 11) is 1.59. The molecule has 1 aliphatic rings. The number of ether oxygens (including phenoxy) is 1. The number of piperazine rings is 1. The first-order valence-corrected chi connectivity index (χ1v) is 7.21. The minimum atomic E-state index is -0.606. The summed E-state index contributed by atoms with van der Waals surface area (Å²) < 4.78 is 5.07. The van der Waals surface area contributed by atoms with Crippen LogP contribution in [0.1, 0.15) is 25.5 Å². The van der Waals surface area contributed by atoms with Crippen LogP contribution in [0.5, 0.6) is 0 Å². The van der Waals surface area contributed by atoms with Gasteiger partial charge in [0.1, 0.15) is 12.1 Å². The van der Waals surface area contributed by atoms with Gasteiger partial charge in [0.15, 0.2) is 0 Å². The molecule has 1 heterocycles. The van der Waals surface area contributed by atoms with E-state index in [4.69, 9.17) is 4.74 Å². The van der Waals surface area contributed by atoms with E-state index in [-0.39, 0.29) is 17.7 Å². The Kier molecular flexibility index (Phi) is 4.96. The molecular formula is C16H22N2O3. The van der Waals surface area contributed by atoms with Crippen LogP contribution in [0.15, 0.2) is 30.3 Å². The minimum Gasteiger partial charge on any atom is -0.383 e. The van der Waals surface area contributed by atoms with Crippen molar-refractivity contribution in [3.8, 4) is 0 Å². The molecule has 1 aromatic rings.